The highest BCUT2D eigenvalue weighted by Crippen LogP contribution is 2.39. The highest BCUT2D eigenvalue weighted by Gasteiger charge is 2.32. The Hall–Kier alpha value is -0.610. The molecule has 1 aliphatic heterocycles. The second-order valence-electron chi connectivity index (χ2n) is 6.04. The summed E-state index contributed by atoms with van der Waals surface area (Å²) in [5, 5.41) is 0. The van der Waals surface area contributed by atoms with Gasteiger partial charge in [0, 0.05) is 28.8 Å². The van der Waals surface area contributed by atoms with Gasteiger partial charge in [-0.1, -0.05) is 37.5 Å². The second-order valence-corrected chi connectivity index (χ2v) is 7.33. The van der Waals surface area contributed by atoms with Crippen molar-refractivity contribution < 1.29 is 0 Å². The van der Waals surface area contributed by atoms with Crippen LogP contribution in [0.2, 0.25) is 0 Å². The molecule has 20 heavy (non-hydrogen) atoms. The predicted octanol–water partition coefficient (Wildman–Crippen LogP) is 4.10. The van der Waals surface area contributed by atoms with Gasteiger partial charge in [-0.25, -0.2) is 0 Å². The average Bonchev–Trinajstić information content (AvgIpc) is 2.46. The van der Waals surface area contributed by atoms with Crippen LogP contribution in [0.3, 0.4) is 0 Å². The number of anilines is 1. The van der Waals surface area contributed by atoms with E-state index in [4.69, 9.17) is 18.0 Å². The van der Waals surface area contributed by atoms with E-state index in [9.17, 15) is 0 Å². The van der Waals surface area contributed by atoms with Crippen molar-refractivity contribution in [1.29, 1.82) is 0 Å². The molecular weight excluding hydrogens is 332 g/mol. The van der Waals surface area contributed by atoms with Crippen molar-refractivity contribution in [2.24, 2.45) is 17.6 Å². The number of thiocarbonyl (C=S) groups is 1. The zero-order chi connectivity index (χ0) is 14.1. The van der Waals surface area contributed by atoms with Crippen molar-refractivity contribution in [2.45, 2.75) is 32.1 Å². The van der Waals surface area contributed by atoms with Gasteiger partial charge in [0.25, 0.3) is 0 Å². The Morgan fingerprint density at radius 2 is 1.95 bits per heavy atom. The van der Waals surface area contributed by atoms with Gasteiger partial charge in [0.1, 0.15) is 4.99 Å². The van der Waals surface area contributed by atoms with Crippen molar-refractivity contribution in [3.63, 3.8) is 0 Å². The molecule has 0 bridgehead atoms. The van der Waals surface area contributed by atoms with E-state index in [0.29, 0.717) is 4.99 Å². The van der Waals surface area contributed by atoms with Gasteiger partial charge in [-0.05, 0) is 52.7 Å². The van der Waals surface area contributed by atoms with Crippen LogP contribution in [-0.2, 0) is 0 Å². The van der Waals surface area contributed by atoms with Crippen LogP contribution in [0.4, 0.5) is 5.69 Å². The number of hydrogen-bond donors (Lipinski definition) is 1. The van der Waals surface area contributed by atoms with Crippen LogP contribution in [0.5, 0.6) is 0 Å². The first-order valence-corrected chi connectivity index (χ1v) is 8.70. The maximum absolute atomic E-state index is 5.93. The number of piperidine rings is 1. The Bertz CT molecular complexity index is 517. The van der Waals surface area contributed by atoms with Crippen molar-refractivity contribution in [3.8, 4) is 0 Å². The predicted molar refractivity (Wildman–Crippen MR) is 92.3 cm³/mol. The molecule has 108 valence electrons. The van der Waals surface area contributed by atoms with Gasteiger partial charge >= 0.3 is 0 Å². The number of benzene rings is 1. The van der Waals surface area contributed by atoms with E-state index in [0.717, 1.165) is 35.0 Å². The van der Waals surface area contributed by atoms with Crippen LogP contribution in [0, 0.1) is 11.8 Å². The Morgan fingerprint density at radius 1 is 1.20 bits per heavy atom. The van der Waals surface area contributed by atoms with E-state index in [-0.39, 0.29) is 0 Å². The fourth-order valence-electron chi connectivity index (χ4n) is 3.84. The fraction of sp³-hybridized carbons (Fsp3) is 0.562. The number of nitrogens with two attached hydrogens (primary N) is 1. The molecule has 1 aliphatic carbocycles. The zero-order valence-corrected chi connectivity index (χ0v) is 14.0. The number of fused-ring (bicyclic) bond motifs is 1. The molecule has 2 aliphatic rings. The Kier molecular flexibility index (Phi) is 4.32. The maximum Gasteiger partial charge on any atom is 0.107 e. The summed E-state index contributed by atoms with van der Waals surface area (Å²) in [7, 11) is 0. The normalized spacial score (nSPS) is 26.1. The molecule has 0 spiro atoms. The molecule has 2 unspecified atom stereocenters. The standard InChI is InChI=1S/C16H21BrN2S/c17-13-6-3-7-14(15(13)16(18)20)19-9-8-11-4-1-2-5-12(11)10-19/h3,6-7,11-12H,1-2,4-5,8-10H2,(H2,18,20). The Morgan fingerprint density at radius 3 is 2.70 bits per heavy atom. The molecular formula is C16H21BrN2S. The third kappa shape index (κ3) is 2.73. The molecule has 2 fully saturated rings. The average molecular weight is 353 g/mol. The monoisotopic (exact) mass is 352 g/mol. The van der Waals surface area contributed by atoms with E-state index in [2.05, 4.69) is 33.0 Å². The summed E-state index contributed by atoms with van der Waals surface area (Å²) < 4.78 is 1.01. The summed E-state index contributed by atoms with van der Waals surface area (Å²) in [4.78, 5) is 2.98. The highest BCUT2D eigenvalue weighted by atomic mass is 79.9. The summed E-state index contributed by atoms with van der Waals surface area (Å²) in [6.45, 7) is 2.30. The van der Waals surface area contributed by atoms with E-state index < -0.39 is 0 Å². The van der Waals surface area contributed by atoms with Gasteiger partial charge < -0.3 is 10.6 Å². The van der Waals surface area contributed by atoms with Crippen molar-refractivity contribution >= 4 is 38.8 Å². The third-order valence-corrected chi connectivity index (χ3v) is 5.73. The highest BCUT2D eigenvalue weighted by molar-refractivity contribution is 9.10. The largest absolute Gasteiger partial charge is 0.389 e. The minimum absolute atomic E-state index is 0.484. The zero-order valence-electron chi connectivity index (χ0n) is 11.6. The molecule has 4 heteroatoms. The summed E-state index contributed by atoms with van der Waals surface area (Å²) in [6, 6.07) is 6.25. The molecule has 0 aromatic heterocycles. The van der Waals surface area contributed by atoms with Crippen LogP contribution in [0.15, 0.2) is 22.7 Å². The van der Waals surface area contributed by atoms with Gasteiger partial charge in [-0.15, -0.1) is 0 Å². The van der Waals surface area contributed by atoms with E-state index in [1.807, 2.05) is 6.07 Å². The van der Waals surface area contributed by atoms with Crippen molar-refractivity contribution in [2.75, 3.05) is 18.0 Å². The lowest BCUT2D eigenvalue weighted by atomic mass is 9.75. The van der Waals surface area contributed by atoms with E-state index in [1.165, 1.54) is 37.8 Å². The molecule has 2 N–H and O–H groups in total. The number of rotatable bonds is 2. The number of hydrogen-bond acceptors (Lipinski definition) is 2. The van der Waals surface area contributed by atoms with Gasteiger partial charge in [-0.3, -0.25) is 0 Å². The first kappa shape index (κ1) is 14.3. The molecule has 1 aromatic carbocycles. The minimum atomic E-state index is 0.484. The minimum Gasteiger partial charge on any atom is -0.389 e. The quantitative estimate of drug-likeness (QED) is 0.812. The lowest BCUT2D eigenvalue weighted by molar-refractivity contribution is 0.202. The van der Waals surface area contributed by atoms with Crippen LogP contribution in [-0.4, -0.2) is 18.1 Å². The van der Waals surface area contributed by atoms with Gasteiger partial charge in [0.05, 0.1) is 0 Å². The lowest BCUT2D eigenvalue weighted by Crippen LogP contribution is -2.42. The van der Waals surface area contributed by atoms with Crippen LogP contribution in [0.25, 0.3) is 0 Å². The van der Waals surface area contributed by atoms with Gasteiger partial charge in [0.2, 0.25) is 0 Å². The topological polar surface area (TPSA) is 29.3 Å². The van der Waals surface area contributed by atoms with Crippen LogP contribution >= 0.6 is 28.1 Å². The molecule has 3 rings (SSSR count). The van der Waals surface area contributed by atoms with Gasteiger partial charge in [-0.2, -0.15) is 0 Å². The maximum atomic E-state index is 5.93. The third-order valence-electron chi connectivity index (χ3n) is 4.87. The number of nitrogens with zero attached hydrogens (tertiary/aromatic N) is 1. The SMILES string of the molecule is NC(=S)c1c(Br)cccc1N1CCC2CCCCC2C1. The van der Waals surface area contributed by atoms with Crippen LogP contribution in [0.1, 0.15) is 37.7 Å². The molecule has 0 amide bonds. The number of halogens is 1. The summed E-state index contributed by atoms with van der Waals surface area (Å²) in [5.41, 5.74) is 8.13. The molecule has 0 radical (unpaired) electrons. The molecule has 1 saturated heterocycles. The Balaban J connectivity index is 1.86. The van der Waals surface area contributed by atoms with Crippen molar-refractivity contribution in [3.05, 3.63) is 28.2 Å². The summed E-state index contributed by atoms with van der Waals surface area (Å²) >= 11 is 8.83. The van der Waals surface area contributed by atoms with Crippen LogP contribution < -0.4 is 10.6 Å². The molecule has 1 heterocycles. The Labute approximate surface area is 134 Å². The smallest absolute Gasteiger partial charge is 0.107 e. The second kappa shape index (κ2) is 6.02. The van der Waals surface area contributed by atoms with E-state index >= 15 is 0 Å². The van der Waals surface area contributed by atoms with E-state index in [1.54, 1.807) is 0 Å². The molecule has 1 aromatic rings. The lowest BCUT2D eigenvalue weighted by Gasteiger charge is -2.43. The molecule has 2 atom stereocenters. The summed E-state index contributed by atoms with van der Waals surface area (Å²) in [6.07, 6.45) is 6.95. The molecule has 2 nitrogen and oxygen atoms in total. The first-order valence-electron chi connectivity index (χ1n) is 7.50. The van der Waals surface area contributed by atoms with Gasteiger partial charge in [0.15, 0.2) is 0 Å². The first-order chi connectivity index (χ1) is 9.66. The molecule has 1 saturated carbocycles. The fourth-order valence-corrected chi connectivity index (χ4v) is 4.75. The summed E-state index contributed by atoms with van der Waals surface area (Å²) in [5.74, 6) is 1.80. The van der Waals surface area contributed by atoms with Crippen molar-refractivity contribution in [1.82, 2.24) is 0 Å².